The molecule has 1 aromatic rings. The molecular formula is C15H26N2O2S. The van der Waals surface area contributed by atoms with E-state index in [2.05, 4.69) is 10.0 Å². The largest absolute Gasteiger partial charge is 0.317 e. The van der Waals surface area contributed by atoms with Gasteiger partial charge in [0.25, 0.3) is 0 Å². The molecule has 0 amide bonds. The molecule has 4 nitrogen and oxygen atoms in total. The van der Waals surface area contributed by atoms with Gasteiger partial charge in [0.1, 0.15) is 0 Å². The molecule has 0 aliphatic carbocycles. The molecule has 1 rings (SSSR count). The van der Waals surface area contributed by atoms with Crippen LogP contribution in [0.1, 0.15) is 32.3 Å². The van der Waals surface area contributed by atoms with Gasteiger partial charge in [0.05, 0.1) is 5.75 Å². The van der Waals surface area contributed by atoms with E-state index in [1.807, 2.05) is 44.2 Å². The summed E-state index contributed by atoms with van der Waals surface area (Å²) in [5, 5.41) is 3.19. The zero-order valence-corrected chi connectivity index (χ0v) is 13.2. The number of rotatable bonds is 10. The van der Waals surface area contributed by atoms with Crippen molar-refractivity contribution in [2.24, 2.45) is 0 Å². The highest BCUT2D eigenvalue weighted by atomic mass is 32.2. The summed E-state index contributed by atoms with van der Waals surface area (Å²) < 4.78 is 26.6. The minimum absolute atomic E-state index is 0.0730. The number of hydrogen-bond acceptors (Lipinski definition) is 3. The lowest BCUT2D eigenvalue weighted by Crippen LogP contribution is -2.35. The molecule has 0 bridgehead atoms. The van der Waals surface area contributed by atoms with E-state index in [1.54, 1.807) is 0 Å². The fourth-order valence-corrected chi connectivity index (χ4v) is 3.49. The van der Waals surface area contributed by atoms with Crippen LogP contribution in [0.4, 0.5) is 0 Å². The molecule has 20 heavy (non-hydrogen) atoms. The molecule has 0 spiro atoms. The summed E-state index contributed by atoms with van der Waals surface area (Å²) >= 11 is 0. The number of sulfonamides is 1. The fourth-order valence-electron chi connectivity index (χ4n) is 2.09. The number of benzene rings is 1. The van der Waals surface area contributed by atoms with Crippen molar-refractivity contribution in [3.05, 3.63) is 35.9 Å². The van der Waals surface area contributed by atoms with E-state index in [-0.39, 0.29) is 11.8 Å². The summed E-state index contributed by atoms with van der Waals surface area (Å²) in [4.78, 5) is 0. The van der Waals surface area contributed by atoms with Crippen LogP contribution < -0.4 is 10.0 Å². The Morgan fingerprint density at radius 2 is 1.85 bits per heavy atom. The van der Waals surface area contributed by atoms with Crippen molar-refractivity contribution in [3.63, 3.8) is 0 Å². The first-order valence-electron chi connectivity index (χ1n) is 7.28. The summed E-state index contributed by atoms with van der Waals surface area (Å²) in [6.07, 6.45) is 2.31. The highest BCUT2D eigenvalue weighted by molar-refractivity contribution is 7.89. The van der Waals surface area contributed by atoms with Crippen LogP contribution in [0.25, 0.3) is 0 Å². The molecule has 5 heteroatoms. The maximum absolute atomic E-state index is 11.9. The molecule has 1 atom stereocenters. The standard InChI is InChI=1S/C15H26N2O2S/c1-3-16-11-7-8-12-20(18,19)17-14(2)13-15-9-5-4-6-10-15/h4-6,9-10,14,16-17H,3,7-8,11-13H2,1-2H3. The fraction of sp³-hybridized carbons (Fsp3) is 0.600. The lowest BCUT2D eigenvalue weighted by Gasteiger charge is -2.14. The monoisotopic (exact) mass is 298 g/mol. The third kappa shape index (κ3) is 7.62. The van der Waals surface area contributed by atoms with Crippen LogP contribution in [-0.2, 0) is 16.4 Å². The van der Waals surface area contributed by atoms with E-state index in [1.165, 1.54) is 0 Å². The minimum Gasteiger partial charge on any atom is -0.317 e. The molecule has 0 heterocycles. The lowest BCUT2D eigenvalue weighted by atomic mass is 10.1. The first kappa shape index (κ1) is 17.1. The van der Waals surface area contributed by atoms with Gasteiger partial charge in [-0.1, -0.05) is 37.3 Å². The molecule has 0 aliphatic rings. The first-order chi connectivity index (χ1) is 9.53. The van der Waals surface area contributed by atoms with E-state index in [0.29, 0.717) is 6.42 Å². The molecule has 0 aliphatic heterocycles. The Morgan fingerprint density at radius 1 is 1.15 bits per heavy atom. The molecular weight excluding hydrogens is 272 g/mol. The molecule has 0 radical (unpaired) electrons. The van der Waals surface area contributed by atoms with Gasteiger partial charge in [0, 0.05) is 6.04 Å². The van der Waals surface area contributed by atoms with Crippen LogP contribution >= 0.6 is 0 Å². The Kier molecular flexibility index (Phi) is 7.80. The van der Waals surface area contributed by atoms with E-state index in [0.717, 1.165) is 31.5 Å². The summed E-state index contributed by atoms with van der Waals surface area (Å²) in [5.41, 5.74) is 1.15. The van der Waals surface area contributed by atoms with Gasteiger partial charge >= 0.3 is 0 Å². The van der Waals surface area contributed by atoms with Crippen LogP contribution in [0, 0.1) is 0 Å². The molecule has 2 N–H and O–H groups in total. The number of hydrogen-bond donors (Lipinski definition) is 2. The summed E-state index contributed by atoms with van der Waals surface area (Å²) in [6, 6.07) is 9.86. The summed E-state index contributed by atoms with van der Waals surface area (Å²) in [5.74, 6) is 0.206. The normalized spacial score (nSPS) is 13.3. The molecule has 1 aromatic carbocycles. The van der Waals surface area contributed by atoms with E-state index in [4.69, 9.17) is 0 Å². The maximum Gasteiger partial charge on any atom is 0.211 e. The van der Waals surface area contributed by atoms with Crippen molar-refractivity contribution in [3.8, 4) is 0 Å². The van der Waals surface area contributed by atoms with Crippen LogP contribution in [0.2, 0.25) is 0 Å². The van der Waals surface area contributed by atoms with Gasteiger partial charge in [0.15, 0.2) is 0 Å². The quantitative estimate of drug-likeness (QED) is 0.649. The molecule has 0 saturated heterocycles. The van der Waals surface area contributed by atoms with E-state index < -0.39 is 10.0 Å². The van der Waals surface area contributed by atoms with Gasteiger partial charge in [-0.05, 0) is 44.8 Å². The van der Waals surface area contributed by atoms with Crippen molar-refractivity contribution in [2.45, 2.75) is 39.2 Å². The van der Waals surface area contributed by atoms with Gasteiger partial charge < -0.3 is 5.32 Å². The first-order valence-corrected chi connectivity index (χ1v) is 8.93. The van der Waals surface area contributed by atoms with Gasteiger partial charge in [-0.25, -0.2) is 13.1 Å². The highest BCUT2D eigenvalue weighted by Crippen LogP contribution is 2.04. The second kappa shape index (κ2) is 9.10. The zero-order valence-electron chi connectivity index (χ0n) is 12.4. The van der Waals surface area contributed by atoms with Crippen LogP contribution in [0.15, 0.2) is 30.3 Å². The Balaban J connectivity index is 2.30. The average molecular weight is 298 g/mol. The van der Waals surface area contributed by atoms with Crippen molar-refractivity contribution in [2.75, 3.05) is 18.8 Å². The Morgan fingerprint density at radius 3 is 2.50 bits per heavy atom. The van der Waals surface area contributed by atoms with Crippen molar-refractivity contribution in [1.29, 1.82) is 0 Å². The number of unbranched alkanes of at least 4 members (excludes halogenated alkanes) is 1. The van der Waals surface area contributed by atoms with Gasteiger partial charge in [-0.2, -0.15) is 0 Å². The van der Waals surface area contributed by atoms with Crippen LogP contribution in [0.3, 0.4) is 0 Å². The molecule has 1 unspecified atom stereocenters. The topological polar surface area (TPSA) is 58.2 Å². The zero-order chi connectivity index (χ0) is 14.8. The molecule has 114 valence electrons. The highest BCUT2D eigenvalue weighted by Gasteiger charge is 2.14. The summed E-state index contributed by atoms with van der Waals surface area (Å²) in [7, 11) is -3.17. The van der Waals surface area contributed by atoms with Crippen molar-refractivity contribution >= 4 is 10.0 Å². The van der Waals surface area contributed by atoms with Crippen LogP contribution in [0.5, 0.6) is 0 Å². The third-order valence-electron chi connectivity index (χ3n) is 3.03. The summed E-state index contributed by atoms with van der Waals surface area (Å²) in [6.45, 7) is 5.76. The Bertz CT molecular complexity index is 460. The van der Waals surface area contributed by atoms with E-state index in [9.17, 15) is 8.42 Å². The lowest BCUT2D eigenvalue weighted by molar-refractivity contribution is 0.554. The third-order valence-corrected chi connectivity index (χ3v) is 4.62. The van der Waals surface area contributed by atoms with E-state index >= 15 is 0 Å². The minimum atomic E-state index is -3.17. The molecule has 0 fully saturated rings. The van der Waals surface area contributed by atoms with Gasteiger partial charge in [0.2, 0.25) is 10.0 Å². The predicted molar refractivity (Wildman–Crippen MR) is 84.3 cm³/mol. The smallest absolute Gasteiger partial charge is 0.211 e. The van der Waals surface area contributed by atoms with Crippen molar-refractivity contribution in [1.82, 2.24) is 10.0 Å². The second-order valence-electron chi connectivity index (χ2n) is 5.09. The maximum atomic E-state index is 11.9. The molecule has 0 aromatic heterocycles. The predicted octanol–water partition coefficient (Wildman–Crippen LogP) is 1.93. The Labute approximate surface area is 123 Å². The molecule has 0 saturated carbocycles. The van der Waals surface area contributed by atoms with Crippen molar-refractivity contribution < 1.29 is 8.42 Å². The Hall–Kier alpha value is -0.910. The average Bonchev–Trinajstić information content (AvgIpc) is 2.38. The number of nitrogens with one attached hydrogen (secondary N) is 2. The SMILES string of the molecule is CCNCCCCS(=O)(=O)NC(C)Cc1ccccc1. The van der Waals surface area contributed by atoms with Gasteiger partial charge in [-0.3, -0.25) is 0 Å². The van der Waals surface area contributed by atoms with Gasteiger partial charge in [-0.15, -0.1) is 0 Å². The van der Waals surface area contributed by atoms with Crippen LogP contribution in [-0.4, -0.2) is 33.3 Å². The second-order valence-corrected chi connectivity index (χ2v) is 6.96.